The maximum Gasteiger partial charge on any atom is 0.306 e. The summed E-state index contributed by atoms with van der Waals surface area (Å²) in [5.74, 6) is -0.564. The lowest BCUT2D eigenvalue weighted by Crippen LogP contribution is -2.28. The lowest BCUT2D eigenvalue weighted by molar-refractivity contribution is -0.161. The van der Waals surface area contributed by atoms with Crippen LogP contribution in [-0.2, 0) is 19.1 Å². The van der Waals surface area contributed by atoms with Crippen LogP contribution in [0.4, 0.5) is 0 Å². The second-order valence-electron chi connectivity index (χ2n) is 28.5. The van der Waals surface area contributed by atoms with Crippen molar-refractivity contribution in [2.75, 3.05) is 13.2 Å². The smallest absolute Gasteiger partial charge is 0.306 e. The van der Waals surface area contributed by atoms with Crippen LogP contribution in [0, 0.1) is 0 Å². The molecule has 5 heteroatoms. The highest BCUT2D eigenvalue weighted by molar-refractivity contribution is 5.70. The van der Waals surface area contributed by atoms with Gasteiger partial charge in [0.1, 0.15) is 6.61 Å². The zero-order valence-electron chi connectivity index (χ0n) is 63.2. The zero-order valence-corrected chi connectivity index (χ0v) is 63.2. The van der Waals surface area contributed by atoms with Gasteiger partial charge in [0.2, 0.25) is 0 Å². The normalized spacial score (nSPS) is 12.6. The first-order chi connectivity index (χ1) is 46.6. The monoisotopic (exact) mass is 1310 g/mol. The molecule has 0 aliphatic carbocycles. The van der Waals surface area contributed by atoms with E-state index >= 15 is 0 Å². The van der Waals surface area contributed by atoms with E-state index in [4.69, 9.17) is 9.47 Å². The third kappa shape index (κ3) is 81.5. The van der Waals surface area contributed by atoms with E-state index < -0.39 is 6.10 Å². The van der Waals surface area contributed by atoms with Gasteiger partial charge in [-0.15, -0.1) is 0 Å². The molecule has 1 N–H and O–H groups in total. The van der Waals surface area contributed by atoms with Gasteiger partial charge in [-0.1, -0.05) is 433 Å². The van der Waals surface area contributed by atoms with Gasteiger partial charge in [-0.2, -0.15) is 0 Å². The Labute approximate surface area is 587 Å². The summed E-state index contributed by atoms with van der Waals surface area (Å²) >= 11 is 0. The van der Waals surface area contributed by atoms with Crippen LogP contribution < -0.4 is 0 Å². The molecule has 0 rings (SSSR count). The highest BCUT2D eigenvalue weighted by Crippen LogP contribution is 2.20. The fourth-order valence-electron chi connectivity index (χ4n) is 12.9. The molecule has 0 aromatic rings. The highest BCUT2D eigenvalue weighted by atomic mass is 16.6. The summed E-state index contributed by atoms with van der Waals surface area (Å²) in [5.41, 5.74) is 0. The second kappa shape index (κ2) is 84.3. The van der Waals surface area contributed by atoms with E-state index in [-0.39, 0.29) is 25.2 Å². The Kier molecular flexibility index (Phi) is 81.7. The Hall–Kier alpha value is -2.92. The van der Waals surface area contributed by atoms with Gasteiger partial charge in [0.05, 0.1) is 6.61 Å². The van der Waals surface area contributed by atoms with Crippen molar-refractivity contribution in [1.82, 2.24) is 0 Å². The fourth-order valence-corrected chi connectivity index (χ4v) is 12.9. The predicted octanol–water partition coefficient (Wildman–Crippen LogP) is 29.9. The standard InChI is InChI=1S/C89H162O5/c1-3-5-7-9-11-13-15-17-19-21-23-25-27-29-31-33-35-37-39-41-43-44-46-48-50-52-54-56-58-60-62-64-66-68-70-72-74-76-78-80-82-84-89(92)94-87(85-90)86-93-88(91)83-81-79-77-75-73-71-69-67-65-63-61-59-57-55-53-51-49-47-45-42-40-38-36-34-32-30-28-26-24-22-20-18-16-14-12-10-8-6-4-2/h5,7,11,13,16-19,22-25,29,31,87,90H,3-4,6,8-10,12,14-15,20-21,26-28,30,32-86H2,1-2H3/b7-5-,13-11-,18-16-,19-17-,24-22-,25-23-,31-29-. The number of carbonyl (C=O) groups excluding carboxylic acids is 2. The average Bonchev–Trinajstić information content (AvgIpc) is 3.77. The number of hydrogen-bond donors (Lipinski definition) is 1. The minimum Gasteiger partial charge on any atom is -0.462 e. The number of rotatable bonds is 79. The lowest BCUT2D eigenvalue weighted by Gasteiger charge is -2.15. The first-order valence-electron chi connectivity index (χ1n) is 42.1. The van der Waals surface area contributed by atoms with Gasteiger partial charge in [-0.25, -0.2) is 0 Å². The third-order valence-corrected chi connectivity index (χ3v) is 19.2. The first-order valence-corrected chi connectivity index (χ1v) is 42.1. The predicted molar refractivity (Wildman–Crippen MR) is 417 cm³/mol. The minimum absolute atomic E-state index is 0.0601. The molecule has 0 aromatic heterocycles. The van der Waals surface area contributed by atoms with Crippen LogP contribution in [0.5, 0.6) is 0 Å². The maximum absolute atomic E-state index is 12.4. The fraction of sp³-hybridized carbons (Fsp3) is 0.820. The maximum atomic E-state index is 12.4. The molecule has 5 nitrogen and oxygen atoms in total. The summed E-state index contributed by atoms with van der Waals surface area (Å²) in [7, 11) is 0. The number of aliphatic hydroxyl groups is 1. The Morgan fingerprint density at radius 3 is 0.691 bits per heavy atom. The summed E-state index contributed by atoms with van der Waals surface area (Å²) in [6, 6.07) is 0. The van der Waals surface area contributed by atoms with Crippen molar-refractivity contribution in [3.8, 4) is 0 Å². The summed E-state index contributed by atoms with van der Waals surface area (Å²) < 4.78 is 10.8. The van der Waals surface area contributed by atoms with Gasteiger partial charge in [-0.3, -0.25) is 9.59 Å². The van der Waals surface area contributed by atoms with Crippen molar-refractivity contribution in [2.24, 2.45) is 0 Å². The number of allylic oxidation sites excluding steroid dienone is 14. The molecule has 1 unspecified atom stereocenters. The van der Waals surface area contributed by atoms with Crippen LogP contribution >= 0.6 is 0 Å². The molecule has 548 valence electrons. The molecule has 0 heterocycles. The molecule has 0 saturated carbocycles. The van der Waals surface area contributed by atoms with Crippen molar-refractivity contribution in [3.05, 3.63) is 85.1 Å². The van der Waals surface area contributed by atoms with Crippen molar-refractivity contribution in [1.29, 1.82) is 0 Å². The molecular weight excluding hydrogens is 1150 g/mol. The van der Waals surface area contributed by atoms with Gasteiger partial charge >= 0.3 is 11.9 Å². The van der Waals surface area contributed by atoms with Gasteiger partial charge in [0, 0.05) is 12.8 Å². The summed E-state index contributed by atoms with van der Waals surface area (Å²) in [6.45, 7) is 4.08. The Morgan fingerprint density at radius 1 is 0.255 bits per heavy atom. The zero-order chi connectivity index (χ0) is 67.5. The Morgan fingerprint density at radius 2 is 0.457 bits per heavy atom. The summed E-state index contributed by atoms with van der Waals surface area (Å²) in [5, 5.41) is 9.74. The molecule has 94 heavy (non-hydrogen) atoms. The van der Waals surface area contributed by atoms with Gasteiger partial charge < -0.3 is 14.6 Å². The topological polar surface area (TPSA) is 72.8 Å². The summed E-state index contributed by atoms with van der Waals surface area (Å²) in [6.07, 6.45) is 120. The number of esters is 2. The minimum atomic E-state index is -0.772. The second-order valence-corrected chi connectivity index (χ2v) is 28.5. The average molecular weight is 1310 g/mol. The van der Waals surface area contributed by atoms with Crippen molar-refractivity contribution in [2.45, 2.75) is 457 Å². The quantitative estimate of drug-likeness (QED) is 0.0373. The van der Waals surface area contributed by atoms with Gasteiger partial charge in [0.15, 0.2) is 6.10 Å². The van der Waals surface area contributed by atoms with Crippen LogP contribution in [-0.4, -0.2) is 36.4 Å². The molecule has 0 bridgehead atoms. The van der Waals surface area contributed by atoms with Crippen LogP contribution in [0.15, 0.2) is 85.1 Å². The van der Waals surface area contributed by atoms with E-state index in [0.29, 0.717) is 12.8 Å². The van der Waals surface area contributed by atoms with E-state index in [2.05, 4.69) is 98.9 Å². The highest BCUT2D eigenvalue weighted by Gasteiger charge is 2.16. The van der Waals surface area contributed by atoms with Crippen molar-refractivity contribution < 1.29 is 24.2 Å². The molecule has 0 amide bonds. The molecule has 0 radical (unpaired) electrons. The molecular formula is C89H162O5. The Balaban J connectivity index is 3.37. The first kappa shape index (κ1) is 91.1. The van der Waals surface area contributed by atoms with Crippen LogP contribution in [0.3, 0.4) is 0 Å². The van der Waals surface area contributed by atoms with E-state index in [1.54, 1.807) is 0 Å². The lowest BCUT2D eigenvalue weighted by atomic mass is 10.0. The van der Waals surface area contributed by atoms with Gasteiger partial charge in [-0.05, 0) is 89.9 Å². The Bertz CT molecular complexity index is 1680. The molecule has 1 atom stereocenters. The molecule has 0 spiro atoms. The SMILES string of the molecule is CC/C=C\C/C=C\C/C=C\C/C=C\C/C=C\CCCCCCCCCCCCCCCCCCCCCCCCCCCC(=O)OC(CO)COC(=O)CCCCCCCCCCCCCCCCCCCCCCCCCCCCC/C=C\C/C=C\CCCCCCC. The van der Waals surface area contributed by atoms with Gasteiger partial charge in [0.25, 0.3) is 0 Å². The number of hydrogen-bond acceptors (Lipinski definition) is 5. The van der Waals surface area contributed by atoms with E-state index in [0.717, 1.165) is 70.6 Å². The molecule has 0 saturated heterocycles. The van der Waals surface area contributed by atoms with E-state index in [1.807, 2.05) is 0 Å². The summed E-state index contributed by atoms with van der Waals surface area (Å²) in [4.78, 5) is 24.8. The molecule has 0 aromatic carbocycles. The van der Waals surface area contributed by atoms with Crippen LogP contribution in [0.1, 0.15) is 450 Å². The third-order valence-electron chi connectivity index (χ3n) is 19.2. The number of unbranched alkanes of at least 4 members (excludes halogenated alkanes) is 57. The van der Waals surface area contributed by atoms with Crippen LogP contribution in [0.25, 0.3) is 0 Å². The van der Waals surface area contributed by atoms with Crippen molar-refractivity contribution in [3.63, 3.8) is 0 Å². The molecule has 0 aliphatic rings. The number of carbonyl (C=O) groups is 2. The van der Waals surface area contributed by atoms with E-state index in [1.165, 1.54) is 353 Å². The molecule has 0 fully saturated rings. The largest absolute Gasteiger partial charge is 0.462 e. The van der Waals surface area contributed by atoms with E-state index in [9.17, 15) is 14.7 Å². The van der Waals surface area contributed by atoms with Crippen LogP contribution in [0.2, 0.25) is 0 Å². The number of ether oxygens (including phenoxy) is 2. The number of aliphatic hydroxyl groups excluding tert-OH is 1. The molecule has 0 aliphatic heterocycles. The van der Waals surface area contributed by atoms with Crippen molar-refractivity contribution >= 4 is 11.9 Å².